The van der Waals surface area contributed by atoms with Gasteiger partial charge in [-0.2, -0.15) is 31.1 Å². The predicted molar refractivity (Wildman–Crippen MR) is 338 cm³/mol. The van der Waals surface area contributed by atoms with E-state index in [1.54, 1.807) is 47.9 Å². The maximum Gasteiger partial charge on any atom is 1.00 e. The molecule has 490 valence electrons. The van der Waals surface area contributed by atoms with E-state index in [9.17, 15) is 38.6 Å². The first-order valence-electron chi connectivity index (χ1n) is 29.2. The van der Waals surface area contributed by atoms with Crippen LogP contribution in [0.25, 0.3) is 4.85 Å². The van der Waals surface area contributed by atoms with Gasteiger partial charge in [-0.1, -0.05) is 33.3 Å². The van der Waals surface area contributed by atoms with Crippen LogP contribution in [0.2, 0.25) is 0 Å². The maximum atomic E-state index is 11.6. The van der Waals surface area contributed by atoms with Crippen molar-refractivity contribution in [2.75, 3.05) is 36.2 Å². The van der Waals surface area contributed by atoms with Crippen molar-refractivity contribution in [1.82, 2.24) is 29.8 Å². The molecule has 7 rings (SSSR count). The van der Waals surface area contributed by atoms with Gasteiger partial charge in [0.05, 0.1) is 68.1 Å². The smallest absolute Gasteiger partial charge is 1.00 e. The van der Waals surface area contributed by atoms with Crippen LogP contribution in [0.1, 0.15) is 210 Å². The number of carbonyl (C=O) groups excluding carboxylic acids is 6. The Labute approximate surface area is 585 Å². The number of aromatic nitrogens is 6. The Morgan fingerprint density at radius 2 is 1.17 bits per heavy atom. The number of amides is 4. The van der Waals surface area contributed by atoms with E-state index in [1.807, 2.05) is 0 Å². The molecule has 4 saturated carbocycles. The number of ketones is 1. The summed E-state index contributed by atoms with van der Waals surface area (Å²) in [6.07, 6.45) is 22.9. The number of hydrogen-bond acceptors (Lipinski definition) is 18. The van der Waals surface area contributed by atoms with Gasteiger partial charge in [0, 0.05) is 85.5 Å². The minimum atomic E-state index is -3.08. The Morgan fingerprint density at radius 3 is 1.47 bits per heavy atom. The zero-order chi connectivity index (χ0) is 68.5. The molecule has 0 atom stereocenters. The Balaban J connectivity index is -0.000000328. The summed E-state index contributed by atoms with van der Waals surface area (Å²) < 4.78 is 29.6. The van der Waals surface area contributed by atoms with Gasteiger partial charge in [-0.05, 0) is 140 Å². The van der Waals surface area contributed by atoms with Crippen LogP contribution in [0.3, 0.4) is 0 Å². The first kappa shape index (κ1) is 88.4. The van der Waals surface area contributed by atoms with Gasteiger partial charge in [0.2, 0.25) is 11.1 Å². The SMILES string of the molecule is CC(=O)Cl.CC(=O)Nc1nn(C2(CC#N)CCC(C)CC2)cc1C(N)=O.CC(=O)O.CC1CCC(=O)CC1.CC1CCC(CC#N)(n2cc(C(N)=O)c(N)n2)CC1.CCOP(=O)(CC#N)OCC.NC(=O)c1cn[nH]c1N.[2H][B].[C-]#[N+]C=C1CCC(C)CC1.[H-].[Na+].[U]. The normalized spacial score (nSPS) is 19.5. The van der Waals surface area contributed by atoms with Gasteiger partial charge < -0.3 is 49.6 Å². The second kappa shape index (κ2) is 48.0. The second-order valence-corrected chi connectivity index (χ2v) is 24.3. The molecule has 3 aromatic heterocycles. The maximum absolute atomic E-state index is 11.6. The van der Waals surface area contributed by atoms with Crippen molar-refractivity contribution in [2.45, 2.75) is 189 Å². The number of halogens is 1. The number of carboxylic acid groups (broad SMARTS) is 1. The minimum absolute atomic E-state index is 0. The van der Waals surface area contributed by atoms with Gasteiger partial charge in [-0.15, -0.1) is 0 Å². The van der Waals surface area contributed by atoms with Crippen LogP contribution in [0.5, 0.6) is 0 Å². The van der Waals surface area contributed by atoms with Gasteiger partial charge in [0.1, 0.15) is 34.5 Å². The molecule has 0 aliphatic heterocycles. The molecule has 27 nitrogen and oxygen atoms in total. The van der Waals surface area contributed by atoms with Crippen LogP contribution in [0.4, 0.5) is 17.5 Å². The van der Waals surface area contributed by atoms with Crippen LogP contribution in [-0.4, -0.2) is 105 Å². The molecule has 0 bridgehead atoms. The number of H-pyrrole nitrogens is 1. The van der Waals surface area contributed by atoms with Crippen LogP contribution >= 0.6 is 19.2 Å². The number of allylic oxidation sites excluding steroid dienone is 1. The third kappa shape index (κ3) is 35.7. The van der Waals surface area contributed by atoms with E-state index < -0.39 is 36.8 Å². The molecule has 90 heavy (non-hydrogen) atoms. The van der Waals surface area contributed by atoms with Gasteiger partial charge >= 0.3 is 37.2 Å². The van der Waals surface area contributed by atoms with Crippen molar-refractivity contribution < 1.29 is 114 Å². The quantitative estimate of drug-likeness (QED) is 0.0414. The van der Waals surface area contributed by atoms with E-state index >= 15 is 0 Å². The van der Waals surface area contributed by atoms with Crippen LogP contribution in [-0.2, 0) is 43.9 Å². The molecule has 4 aliphatic rings. The Bertz CT molecular complexity index is 2940. The number of nitrogens with zero attached hydrogens (tertiary/aromatic N) is 9. The molecule has 4 fully saturated rings. The molecule has 3 heterocycles. The minimum Gasteiger partial charge on any atom is -1.00 e. The number of rotatable bonds is 13. The number of anilines is 3. The second-order valence-electron chi connectivity index (χ2n) is 21.7. The van der Waals surface area contributed by atoms with Gasteiger partial charge in [-0.25, -0.2) is 4.85 Å². The summed E-state index contributed by atoms with van der Waals surface area (Å²) in [6, 6.07) is 6.22. The van der Waals surface area contributed by atoms with E-state index in [1.165, 1.54) is 38.5 Å². The molecule has 3 aromatic rings. The molecule has 32 heteroatoms. The zero-order valence-electron chi connectivity index (χ0n) is 55.8. The van der Waals surface area contributed by atoms with Crippen molar-refractivity contribution in [2.24, 2.45) is 40.9 Å². The number of aliphatic carboxylic acids is 1. The Morgan fingerprint density at radius 1 is 0.789 bits per heavy atom. The summed E-state index contributed by atoms with van der Waals surface area (Å²) in [6.45, 7) is 23.3. The fraction of sp³-hybridized carbons (Fsp3) is 0.621. The fourth-order valence-corrected chi connectivity index (χ4v) is 10.5. The molecule has 0 spiro atoms. The van der Waals surface area contributed by atoms with Gasteiger partial charge in [-0.3, -0.25) is 52.6 Å². The number of aromatic amines is 1. The number of nitrogens with two attached hydrogens (primary N) is 5. The zero-order valence-corrected chi connectivity index (χ0v) is 61.6. The van der Waals surface area contributed by atoms with Crippen molar-refractivity contribution >= 4 is 85.7 Å². The summed E-state index contributed by atoms with van der Waals surface area (Å²) in [5.74, 6) is 0.982. The van der Waals surface area contributed by atoms with Gasteiger partial charge in [0.25, 0.3) is 23.7 Å². The molecular formula is C58H92BClN16NaO11PU. The number of nitrogens with one attached hydrogen (secondary N) is 2. The first-order valence-corrected chi connectivity index (χ1v) is 30.8. The van der Waals surface area contributed by atoms with Crippen molar-refractivity contribution in [1.29, 1.82) is 17.1 Å². The van der Waals surface area contributed by atoms with Crippen molar-refractivity contribution in [3.05, 3.63) is 58.5 Å². The van der Waals surface area contributed by atoms with E-state index in [2.05, 4.69) is 90.4 Å². The molecule has 0 unspecified atom stereocenters. The molecule has 0 saturated heterocycles. The number of carboxylic acids is 1. The standard InChI is InChI=1S/C15H21N5O2.C13H19N5O.C9H13N.C7H12O.C6H12NO3P.C4H6N4O.C2H3ClO.C2H4O2.BH.Na.U.H/c1-10-3-5-15(6-4-10,7-8-16)20-9-12(13(17)22)14(19-20)18-11(2)21;1-9-2-4-13(5-3-9,6-7-14)18-8-10(12(16)19)11(15)17-18;1-8-3-5-9(6-4-8)7-10-2;1-6-2-4-7(8)5-3-6;1-3-9-11(8,6-5-7)10-4-2;5-3-2(4(6)9)1-7-8-3;2*1-2(3)4;;;;/h9-10H,3-7H2,1-2H3,(H2,17,22)(H,18,19,21);8-9H,2-6H2,1H3,(H2,15,17)(H2,16,19);7-8H,3-6H2,1H3;6H,2-5H2,1H3;3-4,6H2,1-2H3;1H,(H2,6,9)(H3,5,7,8);1H3;1H3,(H,3,4);1H;;;/q;;;;;;;;;+1;;-1/i;;;;;;;;1D;;;. The monoisotopic (exact) mass is 1530 g/mol. The summed E-state index contributed by atoms with van der Waals surface area (Å²) in [7, 11) is 0.670. The van der Waals surface area contributed by atoms with E-state index in [4.69, 9.17) is 66.0 Å². The molecule has 0 aromatic carbocycles. The summed E-state index contributed by atoms with van der Waals surface area (Å²) in [5, 5.41) is 50.6. The fourth-order valence-electron chi connectivity index (χ4n) is 9.28. The van der Waals surface area contributed by atoms with Gasteiger partial charge in [0.15, 0.2) is 17.8 Å². The molecule has 2 radical (unpaired) electrons. The third-order valence-corrected chi connectivity index (χ3v) is 16.2. The van der Waals surface area contributed by atoms with Crippen molar-refractivity contribution in [3.8, 4) is 18.2 Å². The first-order chi connectivity index (χ1) is 41.8. The number of Topliss-reactive ketones (excluding diaryl/α,β-unsaturated/α-hetero) is 1. The molecule has 13 N–H and O–H groups in total. The van der Waals surface area contributed by atoms with Crippen molar-refractivity contribution in [3.63, 3.8) is 0 Å². The number of nitriles is 3. The van der Waals surface area contributed by atoms with Crippen LogP contribution < -0.4 is 63.5 Å². The van der Waals surface area contributed by atoms with E-state index in [-0.39, 0.29) is 119 Å². The largest absolute Gasteiger partial charge is 1.00 e. The molecule has 4 amide bonds. The summed E-state index contributed by atoms with van der Waals surface area (Å²) >= 11 is 4.64. The third-order valence-electron chi connectivity index (χ3n) is 14.3. The topological polar surface area (TPSA) is 457 Å². The average Bonchev–Trinajstić information content (AvgIpc) is 1.74. The molecule has 4 aliphatic carbocycles. The van der Waals surface area contributed by atoms with E-state index in [0.717, 1.165) is 109 Å². The van der Waals surface area contributed by atoms with E-state index in [0.29, 0.717) is 43.7 Å². The number of hydrogen-bond donors (Lipinski definition) is 8. The number of primary amides is 3. The van der Waals surface area contributed by atoms with Crippen LogP contribution in [0.15, 0.2) is 30.4 Å². The summed E-state index contributed by atoms with van der Waals surface area (Å²) in [5.41, 5.74) is 27.7. The predicted octanol–water partition coefficient (Wildman–Crippen LogP) is 6.11. The Kier molecular flexibility index (Phi) is 47.1. The Hall–Kier alpha value is -5.82. The molecular weight excluding hydrogens is 1430 g/mol. The average molecular weight is 1530 g/mol. The number of nitrogen functional groups attached to an aromatic ring is 2. The number of carbonyl (C=O) groups is 7. The van der Waals surface area contributed by atoms with Crippen LogP contribution in [0, 0.1) is 95.4 Å². The summed E-state index contributed by atoms with van der Waals surface area (Å²) in [4.78, 5) is 76.5.